The summed E-state index contributed by atoms with van der Waals surface area (Å²) < 4.78 is 5.24. The molecule has 1 fully saturated rings. The van der Waals surface area contributed by atoms with Gasteiger partial charge in [-0.15, -0.1) is 0 Å². The molecular weight excluding hydrogens is 282 g/mol. The second-order valence-electron chi connectivity index (χ2n) is 5.24. The Balaban J connectivity index is 1.86. The van der Waals surface area contributed by atoms with Crippen molar-refractivity contribution in [1.82, 2.24) is 10.2 Å². The molecule has 6 nitrogen and oxygen atoms in total. The summed E-state index contributed by atoms with van der Waals surface area (Å²) in [5, 5.41) is 5.84. The van der Waals surface area contributed by atoms with Crippen LogP contribution in [-0.4, -0.2) is 56.6 Å². The van der Waals surface area contributed by atoms with Gasteiger partial charge in [-0.3, -0.25) is 9.59 Å². The summed E-state index contributed by atoms with van der Waals surface area (Å²) in [6, 6.07) is 7.04. The maximum atomic E-state index is 12.3. The second kappa shape index (κ2) is 8.51. The van der Waals surface area contributed by atoms with Crippen LogP contribution in [0.3, 0.4) is 0 Å². The van der Waals surface area contributed by atoms with Crippen LogP contribution in [0.1, 0.15) is 23.2 Å². The fourth-order valence-electron chi connectivity index (χ4n) is 2.29. The van der Waals surface area contributed by atoms with Crippen LogP contribution in [0.5, 0.6) is 0 Å². The topological polar surface area (TPSA) is 70.7 Å². The molecule has 0 aromatic heterocycles. The summed E-state index contributed by atoms with van der Waals surface area (Å²) >= 11 is 0. The highest BCUT2D eigenvalue weighted by Crippen LogP contribution is 2.13. The van der Waals surface area contributed by atoms with Gasteiger partial charge in [-0.25, -0.2) is 0 Å². The molecule has 0 atom stereocenters. The minimum Gasteiger partial charge on any atom is -0.378 e. The summed E-state index contributed by atoms with van der Waals surface area (Å²) in [5.41, 5.74) is 1.35. The van der Waals surface area contributed by atoms with Crippen molar-refractivity contribution in [2.45, 2.75) is 12.8 Å². The molecular formula is C16H23N3O3. The van der Waals surface area contributed by atoms with Crippen LogP contribution in [-0.2, 0) is 9.53 Å². The van der Waals surface area contributed by atoms with E-state index in [0.29, 0.717) is 44.0 Å². The molecule has 0 bridgehead atoms. The average molecular weight is 305 g/mol. The Morgan fingerprint density at radius 3 is 2.50 bits per heavy atom. The number of amides is 2. The second-order valence-corrected chi connectivity index (χ2v) is 5.24. The first-order chi connectivity index (χ1) is 10.7. The number of hydrogen-bond acceptors (Lipinski definition) is 4. The van der Waals surface area contributed by atoms with Gasteiger partial charge in [0.15, 0.2) is 0 Å². The summed E-state index contributed by atoms with van der Waals surface area (Å²) in [7, 11) is 1.86. The van der Waals surface area contributed by atoms with E-state index in [1.165, 1.54) is 0 Å². The van der Waals surface area contributed by atoms with E-state index in [0.717, 1.165) is 13.0 Å². The van der Waals surface area contributed by atoms with Gasteiger partial charge in [0, 0.05) is 30.8 Å². The van der Waals surface area contributed by atoms with E-state index in [9.17, 15) is 9.59 Å². The molecule has 1 heterocycles. The molecule has 0 aliphatic carbocycles. The van der Waals surface area contributed by atoms with E-state index in [4.69, 9.17) is 4.74 Å². The zero-order chi connectivity index (χ0) is 15.8. The first-order valence-corrected chi connectivity index (χ1v) is 7.62. The third-order valence-electron chi connectivity index (χ3n) is 3.54. The molecule has 6 heteroatoms. The molecule has 22 heavy (non-hydrogen) atoms. The molecule has 2 N–H and O–H groups in total. The maximum Gasteiger partial charge on any atom is 0.254 e. The van der Waals surface area contributed by atoms with E-state index in [1.54, 1.807) is 29.2 Å². The Morgan fingerprint density at radius 1 is 1.18 bits per heavy atom. The van der Waals surface area contributed by atoms with Crippen molar-refractivity contribution in [3.05, 3.63) is 29.8 Å². The van der Waals surface area contributed by atoms with Gasteiger partial charge in [-0.1, -0.05) is 0 Å². The third kappa shape index (κ3) is 4.82. The monoisotopic (exact) mass is 305 g/mol. The van der Waals surface area contributed by atoms with E-state index >= 15 is 0 Å². The quantitative estimate of drug-likeness (QED) is 0.772. The summed E-state index contributed by atoms with van der Waals surface area (Å²) in [4.78, 5) is 25.8. The molecule has 1 saturated heterocycles. The highest BCUT2D eigenvalue weighted by Gasteiger charge is 2.18. The number of rotatable bonds is 6. The Morgan fingerprint density at radius 2 is 1.86 bits per heavy atom. The fraction of sp³-hybridized carbons (Fsp3) is 0.500. The van der Waals surface area contributed by atoms with Gasteiger partial charge in [-0.2, -0.15) is 0 Å². The normalized spacial score (nSPS) is 14.7. The Kier molecular flexibility index (Phi) is 6.36. The van der Waals surface area contributed by atoms with Crippen molar-refractivity contribution < 1.29 is 14.3 Å². The number of morpholine rings is 1. The molecule has 1 aromatic carbocycles. The number of benzene rings is 1. The van der Waals surface area contributed by atoms with Crippen LogP contribution in [0, 0.1) is 0 Å². The van der Waals surface area contributed by atoms with Gasteiger partial charge in [0.2, 0.25) is 5.91 Å². The lowest BCUT2D eigenvalue weighted by Crippen LogP contribution is -2.40. The molecule has 0 unspecified atom stereocenters. The molecule has 1 aliphatic rings. The molecule has 1 aromatic rings. The number of nitrogens with zero attached hydrogens (tertiary/aromatic N) is 1. The first kappa shape index (κ1) is 16.5. The van der Waals surface area contributed by atoms with E-state index in [-0.39, 0.29) is 11.8 Å². The summed E-state index contributed by atoms with van der Waals surface area (Å²) in [6.45, 7) is 3.25. The summed E-state index contributed by atoms with van der Waals surface area (Å²) in [6.07, 6.45) is 1.28. The van der Waals surface area contributed by atoms with Crippen LogP contribution in [0.25, 0.3) is 0 Å². The van der Waals surface area contributed by atoms with Gasteiger partial charge < -0.3 is 20.3 Å². The Bertz CT molecular complexity index is 496. The predicted octanol–water partition coefficient (Wildman–Crippen LogP) is 1.10. The van der Waals surface area contributed by atoms with Crippen LogP contribution in [0.2, 0.25) is 0 Å². The van der Waals surface area contributed by atoms with E-state index < -0.39 is 0 Å². The highest BCUT2D eigenvalue weighted by atomic mass is 16.5. The van der Waals surface area contributed by atoms with Gasteiger partial charge in [0.1, 0.15) is 0 Å². The lowest BCUT2D eigenvalue weighted by molar-refractivity contribution is -0.116. The van der Waals surface area contributed by atoms with Crippen molar-refractivity contribution in [2.75, 3.05) is 45.2 Å². The predicted molar refractivity (Wildman–Crippen MR) is 85.0 cm³/mol. The highest BCUT2D eigenvalue weighted by molar-refractivity contribution is 5.95. The number of carbonyl (C=O) groups excluding carboxylic acids is 2. The molecule has 2 rings (SSSR count). The molecule has 0 radical (unpaired) electrons. The van der Waals surface area contributed by atoms with Crippen molar-refractivity contribution in [2.24, 2.45) is 0 Å². The number of ether oxygens (including phenoxy) is 1. The zero-order valence-corrected chi connectivity index (χ0v) is 12.9. The van der Waals surface area contributed by atoms with Crippen molar-refractivity contribution >= 4 is 17.5 Å². The van der Waals surface area contributed by atoms with Gasteiger partial charge >= 0.3 is 0 Å². The van der Waals surface area contributed by atoms with E-state index in [2.05, 4.69) is 10.6 Å². The minimum atomic E-state index is -0.0116. The SMILES string of the molecule is CNCCCC(=O)Nc1ccc(C(=O)N2CCOCC2)cc1. The van der Waals surface area contributed by atoms with Crippen LogP contribution < -0.4 is 10.6 Å². The minimum absolute atomic E-state index is 0.00944. The lowest BCUT2D eigenvalue weighted by atomic mass is 10.1. The van der Waals surface area contributed by atoms with Crippen molar-refractivity contribution in [3.8, 4) is 0 Å². The average Bonchev–Trinajstić information content (AvgIpc) is 2.56. The number of hydrogen-bond donors (Lipinski definition) is 2. The van der Waals surface area contributed by atoms with Gasteiger partial charge in [-0.05, 0) is 44.3 Å². The molecule has 0 saturated carbocycles. The van der Waals surface area contributed by atoms with Crippen LogP contribution >= 0.6 is 0 Å². The Hall–Kier alpha value is -1.92. The smallest absolute Gasteiger partial charge is 0.254 e. The van der Waals surface area contributed by atoms with Crippen LogP contribution in [0.15, 0.2) is 24.3 Å². The van der Waals surface area contributed by atoms with Crippen molar-refractivity contribution in [3.63, 3.8) is 0 Å². The standard InChI is InChI=1S/C16H23N3O3/c1-17-8-2-3-15(20)18-14-6-4-13(5-7-14)16(21)19-9-11-22-12-10-19/h4-7,17H,2-3,8-12H2,1H3,(H,18,20). The molecule has 0 spiro atoms. The number of carbonyl (C=O) groups is 2. The lowest BCUT2D eigenvalue weighted by Gasteiger charge is -2.26. The van der Waals surface area contributed by atoms with Gasteiger partial charge in [0.05, 0.1) is 13.2 Å². The molecule has 120 valence electrons. The molecule has 2 amide bonds. The fourth-order valence-corrected chi connectivity index (χ4v) is 2.29. The third-order valence-corrected chi connectivity index (χ3v) is 3.54. The van der Waals surface area contributed by atoms with Gasteiger partial charge in [0.25, 0.3) is 5.91 Å². The maximum absolute atomic E-state index is 12.3. The number of anilines is 1. The first-order valence-electron chi connectivity index (χ1n) is 7.62. The zero-order valence-electron chi connectivity index (χ0n) is 12.9. The molecule has 1 aliphatic heterocycles. The van der Waals surface area contributed by atoms with Crippen molar-refractivity contribution in [1.29, 1.82) is 0 Å². The Labute approximate surface area is 130 Å². The number of nitrogens with one attached hydrogen (secondary N) is 2. The summed E-state index contributed by atoms with van der Waals surface area (Å²) in [5.74, 6) is -0.00213. The largest absolute Gasteiger partial charge is 0.378 e. The van der Waals surface area contributed by atoms with E-state index in [1.807, 2.05) is 7.05 Å². The van der Waals surface area contributed by atoms with Crippen LogP contribution in [0.4, 0.5) is 5.69 Å².